The van der Waals surface area contributed by atoms with Crippen molar-refractivity contribution in [1.82, 2.24) is 9.88 Å². The van der Waals surface area contributed by atoms with Crippen LogP contribution in [0.15, 0.2) is 18.3 Å². The van der Waals surface area contributed by atoms with E-state index in [0.717, 1.165) is 18.3 Å². The van der Waals surface area contributed by atoms with E-state index < -0.39 is 7.12 Å². The highest BCUT2D eigenvalue weighted by molar-refractivity contribution is 6.62. The molecule has 0 radical (unpaired) electrons. The predicted octanol–water partition coefficient (Wildman–Crippen LogP) is 1.67. The van der Waals surface area contributed by atoms with Gasteiger partial charge >= 0.3 is 7.12 Å². The molecule has 2 bridgehead atoms. The Labute approximate surface area is 161 Å². The van der Waals surface area contributed by atoms with Crippen molar-refractivity contribution in [3.8, 4) is 0 Å². The number of aromatic nitrogens is 1. The van der Waals surface area contributed by atoms with Gasteiger partial charge in [-0.15, -0.1) is 0 Å². The third-order valence-corrected chi connectivity index (χ3v) is 6.82. The lowest BCUT2D eigenvalue weighted by Gasteiger charge is -2.46. The number of likely N-dealkylation sites (N-methyl/N-ethyl adjacent to an activating group) is 1. The molecule has 1 aromatic rings. The Morgan fingerprint density at radius 1 is 1.11 bits per heavy atom. The Morgan fingerprint density at radius 3 is 2.22 bits per heavy atom. The monoisotopic (exact) mass is 372 g/mol. The largest absolute Gasteiger partial charge is 0.496 e. The number of carbonyl (C=O) groups is 1. The number of rotatable bonds is 3. The fourth-order valence-corrected chi connectivity index (χ4v) is 4.19. The molecule has 27 heavy (non-hydrogen) atoms. The third kappa shape index (κ3) is 3.35. The molecule has 1 aromatic heterocycles. The summed E-state index contributed by atoms with van der Waals surface area (Å²) in [6.07, 6.45) is 3.40. The minimum Gasteiger partial charge on any atom is -0.399 e. The second-order valence-electron chi connectivity index (χ2n) is 9.11. The molecule has 0 spiro atoms. The zero-order valence-electron chi connectivity index (χ0n) is 16.9. The molecule has 3 fully saturated rings. The van der Waals surface area contributed by atoms with E-state index >= 15 is 0 Å². The van der Waals surface area contributed by atoms with Crippen molar-refractivity contribution < 1.29 is 18.8 Å². The summed E-state index contributed by atoms with van der Waals surface area (Å²) in [6, 6.07) is 4.38. The minimum absolute atomic E-state index is 0.0234. The van der Waals surface area contributed by atoms with Gasteiger partial charge in [-0.3, -0.25) is 14.7 Å². The molecular weight excluding hydrogens is 343 g/mol. The van der Waals surface area contributed by atoms with E-state index in [-0.39, 0.29) is 22.9 Å². The van der Waals surface area contributed by atoms with E-state index in [0.29, 0.717) is 31.0 Å². The molecule has 0 amide bonds. The normalized spacial score (nSPS) is 32.5. The maximum Gasteiger partial charge on any atom is 0.496 e. The lowest BCUT2D eigenvalue weighted by Crippen LogP contribution is -2.55. The summed E-state index contributed by atoms with van der Waals surface area (Å²) in [5.74, 6) is 0.163. The van der Waals surface area contributed by atoms with Crippen LogP contribution in [0, 0.1) is 5.92 Å². The van der Waals surface area contributed by atoms with Crippen LogP contribution in [0.3, 0.4) is 0 Å². The molecule has 0 aromatic carbocycles. The third-order valence-electron chi connectivity index (χ3n) is 6.82. The summed E-state index contributed by atoms with van der Waals surface area (Å²) in [5, 5.41) is 0. The maximum atomic E-state index is 13.0. The van der Waals surface area contributed by atoms with Gasteiger partial charge in [-0.1, -0.05) is 6.07 Å². The summed E-state index contributed by atoms with van der Waals surface area (Å²) in [7, 11) is 1.68. The average Bonchev–Trinajstić information content (AvgIpc) is 2.82. The Hall–Kier alpha value is -1.28. The van der Waals surface area contributed by atoms with Crippen LogP contribution in [0.25, 0.3) is 0 Å². The van der Waals surface area contributed by atoms with Gasteiger partial charge in [0, 0.05) is 29.7 Å². The fraction of sp³-hybridized carbons (Fsp3) is 0.700. The van der Waals surface area contributed by atoms with Crippen LogP contribution in [0.5, 0.6) is 0 Å². The molecule has 2 atom stereocenters. The number of morpholine rings is 1. The SMILES string of the molecule is CN1C2COCC1CC(C(=O)c1ccc(B3OC(C)(C)C(C)(C)O3)cn1)C2. The zero-order chi connectivity index (χ0) is 19.4. The number of nitrogens with zero attached hydrogens (tertiary/aromatic N) is 2. The van der Waals surface area contributed by atoms with E-state index in [9.17, 15) is 4.79 Å². The first-order valence-corrected chi connectivity index (χ1v) is 9.83. The Kier molecular flexibility index (Phi) is 4.70. The summed E-state index contributed by atoms with van der Waals surface area (Å²) < 4.78 is 17.8. The van der Waals surface area contributed by atoms with E-state index in [1.54, 1.807) is 6.20 Å². The lowest BCUT2D eigenvalue weighted by atomic mass is 9.79. The second-order valence-corrected chi connectivity index (χ2v) is 9.11. The van der Waals surface area contributed by atoms with Gasteiger partial charge in [-0.05, 0) is 53.7 Å². The number of hydrogen-bond donors (Lipinski definition) is 0. The number of ketones is 1. The van der Waals surface area contributed by atoms with E-state index in [1.807, 2.05) is 39.8 Å². The molecule has 3 saturated heterocycles. The Bertz CT molecular complexity index is 691. The first-order valence-electron chi connectivity index (χ1n) is 9.83. The van der Waals surface area contributed by atoms with Gasteiger partial charge in [-0.25, -0.2) is 0 Å². The molecule has 0 saturated carbocycles. The van der Waals surface area contributed by atoms with Crippen LogP contribution < -0.4 is 5.46 Å². The van der Waals surface area contributed by atoms with Crippen LogP contribution in [0.1, 0.15) is 51.0 Å². The lowest BCUT2D eigenvalue weighted by molar-refractivity contribution is -0.0703. The van der Waals surface area contributed by atoms with Crippen molar-refractivity contribution in [1.29, 1.82) is 0 Å². The Morgan fingerprint density at radius 2 is 1.70 bits per heavy atom. The van der Waals surface area contributed by atoms with Gasteiger partial charge in [0.2, 0.25) is 0 Å². The first kappa shape index (κ1) is 19.1. The number of Topliss-reactive ketones (excluding diaryl/α,β-unsaturated/α-hetero) is 1. The highest BCUT2D eigenvalue weighted by atomic mass is 16.7. The van der Waals surface area contributed by atoms with Crippen molar-refractivity contribution in [3.63, 3.8) is 0 Å². The smallest absolute Gasteiger partial charge is 0.399 e. The molecule has 4 heterocycles. The van der Waals surface area contributed by atoms with E-state index in [2.05, 4.69) is 16.9 Å². The molecule has 3 aliphatic rings. The van der Waals surface area contributed by atoms with Crippen LogP contribution >= 0.6 is 0 Å². The van der Waals surface area contributed by atoms with Crippen molar-refractivity contribution >= 4 is 18.4 Å². The summed E-state index contributed by atoms with van der Waals surface area (Å²) in [5.41, 5.74) is 0.600. The Balaban J connectivity index is 1.46. The molecule has 3 aliphatic heterocycles. The van der Waals surface area contributed by atoms with Crippen LogP contribution in [-0.4, -0.2) is 66.3 Å². The van der Waals surface area contributed by atoms with Gasteiger partial charge in [-0.2, -0.15) is 0 Å². The van der Waals surface area contributed by atoms with Crippen molar-refractivity contribution in [3.05, 3.63) is 24.0 Å². The molecule has 4 rings (SSSR count). The van der Waals surface area contributed by atoms with Crippen molar-refractivity contribution in [2.75, 3.05) is 20.3 Å². The number of hydrogen-bond acceptors (Lipinski definition) is 6. The molecule has 0 aliphatic carbocycles. The van der Waals surface area contributed by atoms with Gasteiger partial charge in [0.05, 0.1) is 24.4 Å². The number of piperidine rings is 1. The van der Waals surface area contributed by atoms with E-state index in [1.165, 1.54) is 0 Å². The number of carbonyl (C=O) groups excluding carboxylic acids is 1. The topological polar surface area (TPSA) is 60.9 Å². The van der Waals surface area contributed by atoms with Gasteiger partial charge in [0.1, 0.15) is 5.69 Å². The minimum atomic E-state index is -0.452. The molecular formula is C20H29BN2O4. The zero-order valence-corrected chi connectivity index (χ0v) is 16.9. The highest BCUT2D eigenvalue weighted by Crippen LogP contribution is 2.36. The maximum absolute atomic E-state index is 13.0. The molecule has 146 valence electrons. The average molecular weight is 372 g/mol. The highest BCUT2D eigenvalue weighted by Gasteiger charge is 2.51. The molecule has 7 heteroatoms. The van der Waals surface area contributed by atoms with Crippen molar-refractivity contribution in [2.24, 2.45) is 5.92 Å². The predicted molar refractivity (Wildman–Crippen MR) is 103 cm³/mol. The fourth-order valence-electron chi connectivity index (χ4n) is 4.19. The number of fused-ring (bicyclic) bond motifs is 2. The number of pyridine rings is 1. The number of ether oxygens (including phenoxy) is 1. The summed E-state index contributed by atoms with van der Waals surface area (Å²) >= 11 is 0. The first-order chi connectivity index (χ1) is 12.7. The molecule has 6 nitrogen and oxygen atoms in total. The van der Waals surface area contributed by atoms with E-state index in [4.69, 9.17) is 14.0 Å². The standard InChI is InChI=1S/C20H29BN2O4/c1-19(2)20(3,4)27-21(26-19)14-6-7-17(22-10-14)18(24)13-8-15-11-25-12-16(9-13)23(15)5/h6-7,10,13,15-16H,8-9,11-12H2,1-5H3. The summed E-state index contributed by atoms with van der Waals surface area (Å²) in [4.78, 5) is 19.8. The van der Waals surface area contributed by atoms with Crippen LogP contribution in [0.4, 0.5) is 0 Å². The van der Waals surface area contributed by atoms with Gasteiger partial charge in [0.15, 0.2) is 5.78 Å². The quantitative estimate of drug-likeness (QED) is 0.594. The van der Waals surface area contributed by atoms with Gasteiger partial charge < -0.3 is 14.0 Å². The van der Waals surface area contributed by atoms with Crippen LogP contribution in [0.2, 0.25) is 0 Å². The second kappa shape index (κ2) is 6.66. The summed E-state index contributed by atoms with van der Waals surface area (Å²) in [6.45, 7) is 9.53. The molecule has 2 unspecified atom stereocenters. The van der Waals surface area contributed by atoms with Crippen LogP contribution in [-0.2, 0) is 14.0 Å². The molecule has 0 N–H and O–H groups in total. The van der Waals surface area contributed by atoms with Crippen molar-refractivity contribution in [2.45, 2.75) is 63.8 Å². The van der Waals surface area contributed by atoms with Gasteiger partial charge in [0.25, 0.3) is 0 Å².